The van der Waals surface area contributed by atoms with Crippen LogP contribution in [-0.4, -0.2) is 73.2 Å². The Bertz CT molecular complexity index is 302. The number of carbonyl (C=O) groups is 1. The lowest BCUT2D eigenvalue weighted by Crippen LogP contribution is -2.63. The van der Waals surface area contributed by atoms with Gasteiger partial charge in [0.2, 0.25) is 5.91 Å². The highest BCUT2D eigenvalue weighted by Crippen LogP contribution is 2.13. The zero-order valence-electron chi connectivity index (χ0n) is 12.4. The Kier molecular flexibility index (Phi) is 4.81. The number of morpholine rings is 1. The van der Waals surface area contributed by atoms with Gasteiger partial charge in [-0.25, -0.2) is 0 Å². The van der Waals surface area contributed by atoms with E-state index in [0.717, 1.165) is 45.9 Å². The van der Waals surface area contributed by atoms with Crippen LogP contribution in [0.25, 0.3) is 0 Å². The molecule has 5 heteroatoms. The van der Waals surface area contributed by atoms with E-state index in [4.69, 9.17) is 4.74 Å². The highest BCUT2D eigenvalue weighted by molar-refractivity contribution is 5.77. The summed E-state index contributed by atoms with van der Waals surface area (Å²) in [7, 11) is 0. The number of nitrogens with zero attached hydrogens (tertiary/aromatic N) is 2. The second-order valence-electron chi connectivity index (χ2n) is 6.59. The van der Waals surface area contributed by atoms with E-state index in [2.05, 4.69) is 31.0 Å². The number of nitrogens with one attached hydrogen (secondary N) is 1. The fourth-order valence-electron chi connectivity index (χ4n) is 2.62. The summed E-state index contributed by atoms with van der Waals surface area (Å²) >= 11 is 0. The van der Waals surface area contributed by atoms with Gasteiger partial charge in [-0.2, -0.15) is 0 Å². The van der Waals surface area contributed by atoms with E-state index in [1.807, 2.05) is 4.90 Å². The number of ether oxygens (including phenoxy) is 1. The molecule has 2 heterocycles. The van der Waals surface area contributed by atoms with Gasteiger partial charge in [-0.05, 0) is 20.8 Å². The number of hydrogen-bond donors (Lipinski definition) is 1. The van der Waals surface area contributed by atoms with Gasteiger partial charge in [-0.1, -0.05) is 0 Å². The van der Waals surface area contributed by atoms with Crippen molar-refractivity contribution in [2.45, 2.75) is 38.8 Å². The third-order valence-electron chi connectivity index (χ3n) is 3.62. The summed E-state index contributed by atoms with van der Waals surface area (Å²) < 4.78 is 5.30. The fraction of sp³-hybridized carbons (Fsp3) is 0.929. The van der Waals surface area contributed by atoms with Gasteiger partial charge in [0, 0.05) is 50.7 Å². The molecule has 0 saturated carbocycles. The minimum atomic E-state index is 0.133. The van der Waals surface area contributed by atoms with E-state index in [-0.39, 0.29) is 5.54 Å². The van der Waals surface area contributed by atoms with Crippen LogP contribution < -0.4 is 5.32 Å². The van der Waals surface area contributed by atoms with Crippen LogP contribution in [0.1, 0.15) is 27.2 Å². The molecule has 0 aromatic rings. The second kappa shape index (κ2) is 6.20. The number of carbonyl (C=O) groups excluding carboxylic acids is 1. The minimum absolute atomic E-state index is 0.133. The van der Waals surface area contributed by atoms with E-state index in [1.54, 1.807) is 0 Å². The quantitative estimate of drug-likeness (QED) is 0.798. The second-order valence-corrected chi connectivity index (χ2v) is 6.59. The fourth-order valence-corrected chi connectivity index (χ4v) is 2.62. The van der Waals surface area contributed by atoms with E-state index < -0.39 is 0 Å². The molecule has 2 fully saturated rings. The van der Waals surface area contributed by atoms with Gasteiger partial charge < -0.3 is 15.0 Å². The molecule has 19 heavy (non-hydrogen) atoms. The van der Waals surface area contributed by atoms with Crippen molar-refractivity contribution in [3.63, 3.8) is 0 Å². The predicted octanol–water partition coefficient (Wildman–Crippen LogP) is 0.308. The number of rotatable bonds is 4. The summed E-state index contributed by atoms with van der Waals surface area (Å²) in [5.74, 6) is 0.290. The van der Waals surface area contributed by atoms with Crippen molar-refractivity contribution in [2.75, 3.05) is 45.9 Å². The summed E-state index contributed by atoms with van der Waals surface area (Å²) in [5.41, 5.74) is 0.133. The molecule has 110 valence electrons. The summed E-state index contributed by atoms with van der Waals surface area (Å²) in [6.45, 7) is 12.6. The van der Waals surface area contributed by atoms with Crippen molar-refractivity contribution in [3.05, 3.63) is 0 Å². The smallest absolute Gasteiger partial charge is 0.223 e. The van der Waals surface area contributed by atoms with Crippen LogP contribution in [0.3, 0.4) is 0 Å². The summed E-state index contributed by atoms with van der Waals surface area (Å²) in [5, 5.41) is 3.53. The molecule has 2 rings (SSSR count). The molecule has 0 bridgehead atoms. The molecule has 0 unspecified atom stereocenters. The molecule has 2 aliphatic heterocycles. The molecule has 0 aliphatic carbocycles. The lowest BCUT2D eigenvalue weighted by atomic mass is 10.0. The van der Waals surface area contributed by atoms with E-state index in [1.165, 1.54) is 0 Å². The van der Waals surface area contributed by atoms with E-state index in [0.29, 0.717) is 18.4 Å². The normalized spacial score (nSPS) is 22.4. The number of amides is 1. The van der Waals surface area contributed by atoms with Crippen LogP contribution in [0.2, 0.25) is 0 Å². The molecule has 0 radical (unpaired) electrons. The van der Waals surface area contributed by atoms with Gasteiger partial charge in [-0.3, -0.25) is 9.69 Å². The molecule has 0 spiro atoms. The zero-order valence-corrected chi connectivity index (χ0v) is 12.4. The van der Waals surface area contributed by atoms with Crippen molar-refractivity contribution >= 4 is 5.91 Å². The Morgan fingerprint density at radius 1 is 1.26 bits per heavy atom. The Morgan fingerprint density at radius 3 is 2.47 bits per heavy atom. The zero-order chi connectivity index (χ0) is 13.9. The van der Waals surface area contributed by atoms with E-state index in [9.17, 15) is 4.79 Å². The van der Waals surface area contributed by atoms with Gasteiger partial charge in [0.15, 0.2) is 0 Å². The largest absolute Gasteiger partial charge is 0.379 e. The van der Waals surface area contributed by atoms with Crippen LogP contribution in [0.4, 0.5) is 0 Å². The third kappa shape index (κ3) is 4.75. The maximum Gasteiger partial charge on any atom is 0.223 e. The average Bonchev–Trinajstić information content (AvgIpc) is 2.30. The van der Waals surface area contributed by atoms with Crippen LogP contribution in [0.15, 0.2) is 0 Å². The first kappa shape index (κ1) is 14.8. The molecule has 0 atom stereocenters. The molecular formula is C14H27N3O2. The number of hydrogen-bond acceptors (Lipinski definition) is 4. The maximum absolute atomic E-state index is 12.0. The number of likely N-dealkylation sites (tertiary alicyclic amines) is 1. The summed E-state index contributed by atoms with van der Waals surface area (Å²) in [6.07, 6.45) is 0.641. The highest BCUT2D eigenvalue weighted by atomic mass is 16.5. The lowest BCUT2D eigenvalue weighted by molar-refractivity contribution is -0.137. The Balaban J connectivity index is 1.60. The van der Waals surface area contributed by atoms with Crippen molar-refractivity contribution in [1.29, 1.82) is 0 Å². The van der Waals surface area contributed by atoms with Crippen molar-refractivity contribution < 1.29 is 9.53 Å². The van der Waals surface area contributed by atoms with Crippen molar-refractivity contribution in [3.8, 4) is 0 Å². The van der Waals surface area contributed by atoms with Crippen LogP contribution >= 0.6 is 0 Å². The first-order valence-electron chi connectivity index (χ1n) is 7.29. The predicted molar refractivity (Wildman–Crippen MR) is 75.1 cm³/mol. The Labute approximate surface area is 116 Å². The van der Waals surface area contributed by atoms with Gasteiger partial charge in [0.1, 0.15) is 0 Å². The van der Waals surface area contributed by atoms with Crippen LogP contribution in [0, 0.1) is 0 Å². The van der Waals surface area contributed by atoms with Crippen LogP contribution in [0.5, 0.6) is 0 Å². The van der Waals surface area contributed by atoms with Crippen LogP contribution in [-0.2, 0) is 9.53 Å². The van der Waals surface area contributed by atoms with E-state index >= 15 is 0 Å². The molecule has 0 aromatic carbocycles. The third-order valence-corrected chi connectivity index (χ3v) is 3.62. The molecule has 0 aromatic heterocycles. The summed E-state index contributed by atoms with van der Waals surface area (Å²) in [4.78, 5) is 16.3. The SMILES string of the molecule is CC(C)(C)NC1CN(C(=O)CCN2CCOCC2)C1. The minimum Gasteiger partial charge on any atom is -0.379 e. The lowest BCUT2D eigenvalue weighted by Gasteiger charge is -2.43. The first-order valence-corrected chi connectivity index (χ1v) is 7.29. The summed E-state index contributed by atoms with van der Waals surface area (Å²) in [6, 6.07) is 0.465. The molecule has 2 aliphatic rings. The van der Waals surface area contributed by atoms with Crippen molar-refractivity contribution in [2.24, 2.45) is 0 Å². The van der Waals surface area contributed by atoms with Gasteiger partial charge in [0.25, 0.3) is 0 Å². The molecular weight excluding hydrogens is 242 g/mol. The molecule has 1 amide bonds. The molecule has 5 nitrogen and oxygen atoms in total. The first-order chi connectivity index (χ1) is 8.94. The maximum atomic E-state index is 12.0. The van der Waals surface area contributed by atoms with Gasteiger partial charge >= 0.3 is 0 Å². The Morgan fingerprint density at radius 2 is 1.89 bits per heavy atom. The van der Waals surface area contributed by atoms with Gasteiger partial charge in [0.05, 0.1) is 13.2 Å². The highest BCUT2D eigenvalue weighted by Gasteiger charge is 2.32. The monoisotopic (exact) mass is 269 g/mol. The Hall–Kier alpha value is -0.650. The van der Waals surface area contributed by atoms with Crippen molar-refractivity contribution in [1.82, 2.24) is 15.1 Å². The average molecular weight is 269 g/mol. The standard InChI is InChI=1S/C14H27N3O2/c1-14(2,3)15-12-10-17(11-12)13(18)4-5-16-6-8-19-9-7-16/h12,15H,4-11H2,1-3H3. The molecule has 1 N–H and O–H groups in total. The topological polar surface area (TPSA) is 44.8 Å². The van der Waals surface area contributed by atoms with Gasteiger partial charge in [-0.15, -0.1) is 0 Å². The molecule has 2 saturated heterocycles.